The summed E-state index contributed by atoms with van der Waals surface area (Å²) >= 11 is 1.65. The maximum absolute atomic E-state index is 11.9. The Morgan fingerprint density at radius 3 is 2.42 bits per heavy atom. The lowest BCUT2D eigenvalue weighted by Gasteiger charge is -2.13. The van der Waals surface area contributed by atoms with Gasteiger partial charge in [-0.3, -0.25) is 4.79 Å². The fourth-order valence-corrected chi connectivity index (χ4v) is 2.70. The second-order valence-corrected chi connectivity index (χ2v) is 6.32. The van der Waals surface area contributed by atoms with Crippen LogP contribution in [0.4, 0.5) is 0 Å². The Bertz CT molecular complexity index is 641. The van der Waals surface area contributed by atoms with Gasteiger partial charge in [-0.25, -0.2) is 0 Å². The predicted octanol–water partition coefficient (Wildman–Crippen LogP) is 3.20. The van der Waals surface area contributed by atoms with Gasteiger partial charge in [0.25, 0.3) is 0 Å². The monoisotopic (exact) mass is 345 g/mol. The van der Waals surface area contributed by atoms with Crippen LogP contribution in [0.5, 0.6) is 5.75 Å². The first-order valence-corrected chi connectivity index (χ1v) is 9.06. The molecule has 1 amide bonds. The number of hydrogen-bond acceptors (Lipinski definition) is 4. The van der Waals surface area contributed by atoms with E-state index in [1.807, 2.05) is 54.8 Å². The van der Waals surface area contributed by atoms with Crippen molar-refractivity contribution in [3.8, 4) is 5.75 Å². The normalized spacial score (nSPS) is 11.8. The van der Waals surface area contributed by atoms with Crippen LogP contribution in [0.15, 0.2) is 53.4 Å². The molecule has 0 aromatic heterocycles. The van der Waals surface area contributed by atoms with E-state index >= 15 is 0 Å². The van der Waals surface area contributed by atoms with Crippen LogP contribution in [0.2, 0.25) is 0 Å². The molecule has 0 aliphatic rings. The first-order chi connectivity index (χ1) is 11.6. The van der Waals surface area contributed by atoms with Crippen LogP contribution >= 0.6 is 11.8 Å². The number of aliphatic hydroxyl groups is 1. The second kappa shape index (κ2) is 9.35. The summed E-state index contributed by atoms with van der Waals surface area (Å²) in [5.41, 5.74) is 1.89. The minimum atomic E-state index is -0.689. The van der Waals surface area contributed by atoms with Crippen molar-refractivity contribution < 1.29 is 14.6 Å². The van der Waals surface area contributed by atoms with Crippen molar-refractivity contribution in [2.45, 2.75) is 23.8 Å². The van der Waals surface area contributed by atoms with Crippen LogP contribution < -0.4 is 10.1 Å². The smallest absolute Gasteiger partial charge is 0.220 e. The number of carbonyl (C=O) groups excluding carboxylic acids is 1. The van der Waals surface area contributed by atoms with Gasteiger partial charge in [-0.05, 0) is 48.1 Å². The molecule has 0 saturated carbocycles. The van der Waals surface area contributed by atoms with Crippen molar-refractivity contribution in [3.63, 3.8) is 0 Å². The molecule has 0 aliphatic carbocycles. The number of rotatable bonds is 8. The van der Waals surface area contributed by atoms with E-state index in [-0.39, 0.29) is 12.5 Å². The van der Waals surface area contributed by atoms with Crippen LogP contribution in [0, 0.1) is 0 Å². The van der Waals surface area contributed by atoms with Crippen molar-refractivity contribution in [1.82, 2.24) is 5.32 Å². The van der Waals surface area contributed by atoms with Gasteiger partial charge in [-0.15, -0.1) is 11.8 Å². The van der Waals surface area contributed by atoms with Crippen LogP contribution in [-0.2, 0) is 11.2 Å². The first kappa shape index (κ1) is 18.4. The van der Waals surface area contributed by atoms with Crippen LogP contribution in [-0.4, -0.2) is 30.9 Å². The maximum Gasteiger partial charge on any atom is 0.220 e. The lowest BCUT2D eigenvalue weighted by Crippen LogP contribution is -2.28. The molecule has 0 unspecified atom stereocenters. The largest absolute Gasteiger partial charge is 0.497 e. The van der Waals surface area contributed by atoms with Crippen LogP contribution in [0.1, 0.15) is 23.7 Å². The molecule has 0 spiro atoms. The molecule has 0 aliphatic heterocycles. The summed E-state index contributed by atoms with van der Waals surface area (Å²) in [7, 11) is 1.63. The van der Waals surface area contributed by atoms with E-state index in [9.17, 15) is 9.90 Å². The highest BCUT2D eigenvalue weighted by Gasteiger charge is 2.09. The Kier molecular flexibility index (Phi) is 7.15. The highest BCUT2D eigenvalue weighted by molar-refractivity contribution is 7.98. The van der Waals surface area contributed by atoms with Crippen LogP contribution in [0.3, 0.4) is 0 Å². The van der Waals surface area contributed by atoms with Gasteiger partial charge in [-0.2, -0.15) is 0 Å². The van der Waals surface area contributed by atoms with E-state index in [2.05, 4.69) is 5.32 Å². The number of methoxy groups -OCH3 is 1. The molecule has 0 fully saturated rings. The molecular weight excluding hydrogens is 322 g/mol. The Morgan fingerprint density at radius 2 is 1.83 bits per heavy atom. The number of nitrogens with one attached hydrogen (secondary N) is 1. The minimum absolute atomic E-state index is 0.0643. The molecule has 4 nitrogen and oxygen atoms in total. The zero-order chi connectivity index (χ0) is 17.4. The van der Waals surface area contributed by atoms with Gasteiger partial charge in [0.1, 0.15) is 5.75 Å². The zero-order valence-corrected chi connectivity index (χ0v) is 14.8. The van der Waals surface area contributed by atoms with Crippen molar-refractivity contribution in [2.24, 2.45) is 0 Å². The van der Waals surface area contributed by atoms with E-state index in [0.29, 0.717) is 12.8 Å². The lowest BCUT2D eigenvalue weighted by atomic mass is 10.1. The molecule has 0 radical (unpaired) electrons. The molecule has 1 atom stereocenters. The van der Waals surface area contributed by atoms with Gasteiger partial charge in [-0.1, -0.05) is 24.3 Å². The van der Waals surface area contributed by atoms with E-state index in [0.717, 1.165) is 21.8 Å². The van der Waals surface area contributed by atoms with Gasteiger partial charge in [0.2, 0.25) is 5.91 Å². The average molecular weight is 345 g/mol. The number of amides is 1. The van der Waals surface area contributed by atoms with Gasteiger partial charge in [0.05, 0.1) is 13.2 Å². The molecule has 2 aromatic carbocycles. The highest BCUT2D eigenvalue weighted by atomic mass is 32.2. The van der Waals surface area contributed by atoms with E-state index < -0.39 is 6.10 Å². The standard InChI is InChI=1S/C19H23NO3S/c1-23-16-8-3-14(4-9-16)5-12-19(22)20-13-18(21)15-6-10-17(24-2)11-7-15/h3-4,6-11,18,21H,5,12-13H2,1-2H3,(H,20,22)/t18-/m0/s1. The van der Waals surface area contributed by atoms with Gasteiger partial charge in [0, 0.05) is 17.9 Å². The van der Waals surface area contributed by atoms with Crippen molar-refractivity contribution in [3.05, 3.63) is 59.7 Å². The zero-order valence-electron chi connectivity index (χ0n) is 14.0. The fourth-order valence-electron chi connectivity index (χ4n) is 2.29. The third-order valence-electron chi connectivity index (χ3n) is 3.79. The number of ether oxygens (including phenoxy) is 1. The number of aliphatic hydroxyl groups excluding tert-OH is 1. The summed E-state index contributed by atoms with van der Waals surface area (Å²) in [6, 6.07) is 15.4. The van der Waals surface area contributed by atoms with Crippen molar-refractivity contribution >= 4 is 17.7 Å². The van der Waals surface area contributed by atoms with E-state index in [1.165, 1.54) is 0 Å². The number of aryl methyl sites for hydroxylation is 1. The molecule has 0 bridgehead atoms. The number of benzene rings is 2. The number of hydrogen-bond donors (Lipinski definition) is 2. The number of carbonyl (C=O) groups is 1. The van der Waals surface area contributed by atoms with Gasteiger partial charge in [0.15, 0.2) is 0 Å². The third-order valence-corrected chi connectivity index (χ3v) is 4.54. The highest BCUT2D eigenvalue weighted by Crippen LogP contribution is 2.18. The molecule has 0 heterocycles. The molecule has 2 aromatic rings. The van der Waals surface area contributed by atoms with Crippen molar-refractivity contribution in [2.75, 3.05) is 19.9 Å². The maximum atomic E-state index is 11.9. The van der Waals surface area contributed by atoms with Crippen LogP contribution in [0.25, 0.3) is 0 Å². The quantitative estimate of drug-likeness (QED) is 0.722. The Labute approximate surface area is 147 Å². The Hall–Kier alpha value is -1.98. The third kappa shape index (κ3) is 5.58. The van der Waals surface area contributed by atoms with Gasteiger partial charge < -0.3 is 15.2 Å². The van der Waals surface area contributed by atoms with Crippen molar-refractivity contribution in [1.29, 1.82) is 0 Å². The second-order valence-electron chi connectivity index (χ2n) is 5.44. The molecule has 2 N–H and O–H groups in total. The summed E-state index contributed by atoms with van der Waals surface area (Å²) in [5, 5.41) is 12.9. The molecule has 128 valence electrons. The van der Waals surface area contributed by atoms with E-state index in [1.54, 1.807) is 18.9 Å². The van der Waals surface area contributed by atoms with E-state index in [4.69, 9.17) is 4.74 Å². The molecule has 5 heteroatoms. The number of thioether (sulfide) groups is 1. The fraction of sp³-hybridized carbons (Fsp3) is 0.316. The lowest BCUT2D eigenvalue weighted by molar-refractivity contribution is -0.121. The molecule has 24 heavy (non-hydrogen) atoms. The molecule has 0 saturated heterocycles. The topological polar surface area (TPSA) is 58.6 Å². The predicted molar refractivity (Wildman–Crippen MR) is 97.5 cm³/mol. The summed E-state index contributed by atoms with van der Waals surface area (Å²) in [4.78, 5) is 13.1. The Morgan fingerprint density at radius 1 is 1.17 bits per heavy atom. The summed E-state index contributed by atoms with van der Waals surface area (Å²) in [6.45, 7) is 0.222. The average Bonchev–Trinajstić information content (AvgIpc) is 2.64. The SMILES string of the molecule is COc1ccc(CCC(=O)NC[C@H](O)c2ccc(SC)cc2)cc1. The molecule has 2 rings (SSSR count). The summed E-state index contributed by atoms with van der Waals surface area (Å²) < 4.78 is 5.11. The molecular formula is C19H23NO3S. The summed E-state index contributed by atoms with van der Waals surface area (Å²) in [5.74, 6) is 0.740. The summed E-state index contributed by atoms with van der Waals surface area (Å²) in [6.07, 6.45) is 2.37. The first-order valence-electron chi connectivity index (χ1n) is 7.84. The minimum Gasteiger partial charge on any atom is -0.497 e. The Balaban J connectivity index is 1.75. The van der Waals surface area contributed by atoms with Gasteiger partial charge >= 0.3 is 0 Å².